The van der Waals surface area contributed by atoms with E-state index in [9.17, 15) is 9.59 Å². The average molecular weight is 341 g/mol. The molecule has 0 radical (unpaired) electrons. The molecule has 0 aliphatic carbocycles. The first-order chi connectivity index (χ1) is 11.6. The lowest BCUT2D eigenvalue weighted by atomic mass is 10.1. The molecule has 0 unspecified atom stereocenters. The van der Waals surface area contributed by atoms with Gasteiger partial charge in [0.25, 0.3) is 5.91 Å². The molecule has 0 aliphatic rings. The van der Waals surface area contributed by atoms with Crippen molar-refractivity contribution >= 4 is 28.3 Å². The summed E-state index contributed by atoms with van der Waals surface area (Å²) < 4.78 is 5.05. The number of nitrogens with one attached hydrogen (secondary N) is 2. The fourth-order valence-electron chi connectivity index (χ4n) is 2.05. The zero-order valence-electron chi connectivity index (χ0n) is 12.9. The van der Waals surface area contributed by atoms with Crippen molar-refractivity contribution in [1.29, 1.82) is 0 Å². The van der Waals surface area contributed by atoms with Crippen LogP contribution in [0.15, 0.2) is 52.5 Å². The van der Waals surface area contributed by atoms with Gasteiger partial charge in [-0.05, 0) is 17.7 Å². The van der Waals surface area contributed by atoms with Crippen LogP contribution in [0.4, 0.5) is 5.13 Å². The number of benzene rings is 1. The topological polar surface area (TPSA) is 84.2 Å². The zero-order valence-corrected chi connectivity index (χ0v) is 13.7. The van der Waals surface area contributed by atoms with Gasteiger partial charge in [-0.3, -0.25) is 14.9 Å². The zero-order chi connectivity index (χ0) is 16.9. The molecule has 1 aromatic carbocycles. The second-order valence-electron chi connectivity index (χ2n) is 5.08. The van der Waals surface area contributed by atoms with Crippen molar-refractivity contribution in [2.24, 2.45) is 0 Å². The molecule has 0 atom stereocenters. The molecule has 0 aliphatic heterocycles. The molecule has 122 valence electrons. The molecule has 0 saturated heterocycles. The van der Waals surface area contributed by atoms with Crippen LogP contribution in [-0.2, 0) is 11.3 Å². The molecule has 0 saturated carbocycles. The van der Waals surface area contributed by atoms with Crippen LogP contribution in [0.5, 0.6) is 0 Å². The second kappa shape index (κ2) is 7.10. The Balaban J connectivity index is 1.66. The van der Waals surface area contributed by atoms with Gasteiger partial charge in [0.05, 0.1) is 12.0 Å². The van der Waals surface area contributed by atoms with Gasteiger partial charge in [0, 0.05) is 24.4 Å². The smallest absolute Gasteiger partial charge is 0.293 e. The predicted octanol–water partition coefficient (Wildman–Crippen LogP) is 3.29. The van der Waals surface area contributed by atoms with Crippen LogP contribution in [-0.4, -0.2) is 16.8 Å². The van der Waals surface area contributed by atoms with Crippen LogP contribution in [0, 0.1) is 0 Å². The Morgan fingerprint density at radius 1 is 1.21 bits per heavy atom. The van der Waals surface area contributed by atoms with Crippen LogP contribution >= 0.6 is 11.3 Å². The lowest BCUT2D eigenvalue weighted by molar-refractivity contribution is -0.119. The number of furan rings is 1. The van der Waals surface area contributed by atoms with E-state index >= 15 is 0 Å². The summed E-state index contributed by atoms with van der Waals surface area (Å²) in [7, 11) is 0. The fourth-order valence-corrected chi connectivity index (χ4v) is 2.76. The number of thiazole rings is 1. The van der Waals surface area contributed by atoms with Crippen LogP contribution in [0.2, 0.25) is 0 Å². The molecule has 3 aromatic rings. The summed E-state index contributed by atoms with van der Waals surface area (Å²) in [6, 6.07) is 11.0. The normalized spacial score (nSPS) is 10.4. The van der Waals surface area contributed by atoms with Crippen LogP contribution < -0.4 is 10.6 Å². The quantitative estimate of drug-likeness (QED) is 0.746. The molecule has 2 N–H and O–H groups in total. The second-order valence-corrected chi connectivity index (χ2v) is 5.93. The molecule has 7 heteroatoms. The lowest BCUT2D eigenvalue weighted by Crippen LogP contribution is -2.18. The molecule has 0 bridgehead atoms. The Labute approximate surface area is 142 Å². The molecule has 24 heavy (non-hydrogen) atoms. The Hall–Kier alpha value is -2.93. The van der Waals surface area contributed by atoms with Crippen molar-refractivity contribution < 1.29 is 14.0 Å². The molecule has 2 heterocycles. The van der Waals surface area contributed by atoms with E-state index in [0.717, 1.165) is 16.8 Å². The molecular weight excluding hydrogens is 326 g/mol. The minimum absolute atomic E-state index is 0.0597. The van der Waals surface area contributed by atoms with E-state index in [4.69, 9.17) is 4.42 Å². The van der Waals surface area contributed by atoms with Crippen molar-refractivity contribution in [3.8, 4) is 11.3 Å². The Bertz CT molecular complexity index is 838. The first-order valence-corrected chi connectivity index (χ1v) is 8.14. The average Bonchev–Trinajstić information content (AvgIpc) is 3.25. The van der Waals surface area contributed by atoms with Gasteiger partial charge in [-0.1, -0.05) is 24.3 Å². The number of carbonyl (C=O) groups is 2. The molecular formula is C17H15N3O3S. The highest BCUT2D eigenvalue weighted by molar-refractivity contribution is 7.14. The Morgan fingerprint density at radius 3 is 2.67 bits per heavy atom. The molecule has 6 nitrogen and oxygen atoms in total. The molecule has 0 fully saturated rings. The Kier molecular flexibility index (Phi) is 4.72. The molecule has 2 amide bonds. The first-order valence-electron chi connectivity index (χ1n) is 7.26. The number of carbonyl (C=O) groups excluding carboxylic acids is 2. The largest absolute Gasteiger partial charge is 0.459 e. The molecule has 0 spiro atoms. The van der Waals surface area contributed by atoms with Crippen LogP contribution in [0.25, 0.3) is 11.3 Å². The summed E-state index contributed by atoms with van der Waals surface area (Å²) >= 11 is 1.35. The minimum atomic E-state index is -0.327. The van der Waals surface area contributed by atoms with Gasteiger partial charge >= 0.3 is 0 Å². The monoisotopic (exact) mass is 341 g/mol. The van der Waals surface area contributed by atoms with Gasteiger partial charge in [-0.15, -0.1) is 11.3 Å². The standard InChI is InChI=1S/C17H15N3O3S/c1-11(21)18-9-12-4-6-13(7-5-12)14-10-24-17(19-14)20-16(22)15-3-2-8-23-15/h2-8,10H,9H2,1H3,(H,18,21)(H,19,20,22). The van der Waals surface area contributed by atoms with E-state index in [1.807, 2.05) is 29.6 Å². The maximum absolute atomic E-state index is 11.9. The highest BCUT2D eigenvalue weighted by Crippen LogP contribution is 2.25. The molecule has 3 rings (SSSR count). The SMILES string of the molecule is CC(=O)NCc1ccc(-c2csc(NC(=O)c3ccco3)n2)cc1. The third-order valence-corrected chi connectivity index (χ3v) is 4.02. The molecule has 2 aromatic heterocycles. The number of hydrogen-bond acceptors (Lipinski definition) is 5. The van der Waals surface area contributed by atoms with Gasteiger partial charge in [0.15, 0.2) is 10.9 Å². The van der Waals surface area contributed by atoms with E-state index in [-0.39, 0.29) is 17.6 Å². The predicted molar refractivity (Wildman–Crippen MR) is 91.7 cm³/mol. The summed E-state index contributed by atoms with van der Waals surface area (Å²) in [6.45, 7) is 1.99. The van der Waals surface area contributed by atoms with E-state index < -0.39 is 0 Å². The fraction of sp³-hybridized carbons (Fsp3) is 0.118. The van der Waals surface area contributed by atoms with Gasteiger partial charge < -0.3 is 9.73 Å². The van der Waals surface area contributed by atoms with Gasteiger partial charge in [-0.2, -0.15) is 0 Å². The van der Waals surface area contributed by atoms with Crippen molar-refractivity contribution in [2.75, 3.05) is 5.32 Å². The summed E-state index contributed by atoms with van der Waals surface area (Å²) in [5, 5.41) is 7.84. The highest BCUT2D eigenvalue weighted by atomic mass is 32.1. The van der Waals surface area contributed by atoms with Crippen molar-refractivity contribution in [2.45, 2.75) is 13.5 Å². The van der Waals surface area contributed by atoms with Crippen molar-refractivity contribution in [1.82, 2.24) is 10.3 Å². The highest BCUT2D eigenvalue weighted by Gasteiger charge is 2.12. The van der Waals surface area contributed by atoms with Crippen LogP contribution in [0.3, 0.4) is 0 Å². The maximum atomic E-state index is 11.9. The van der Waals surface area contributed by atoms with E-state index in [1.165, 1.54) is 24.5 Å². The summed E-state index contributed by atoms with van der Waals surface area (Å²) in [5.74, 6) is -0.142. The van der Waals surface area contributed by atoms with Crippen molar-refractivity contribution in [3.63, 3.8) is 0 Å². The van der Waals surface area contributed by atoms with Crippen molar-refractivity contribution in [3.05, 3.63) is 59.4 Å². The summed E-state index contributed by atoms with van der Waals surface area (Å²) in [5.41, 5.74) is 2.73. The number of aromatic nitrogens is 1. The van der Waals surface area contributed by atoms with Crippen LogP contribution in [0.1, 0.15) is 23.0 Å². The first kappa shape index (κ1) is 15.9. The minimum Gasteiger partial charge on any atom is -0.459 e. The number of anilines is 1. The van der Waals surface area contributed by atoms with Gasteiger partial charge in [-0.25, -0.2) is 4.98 Å². The van der Waals surface area contributed by atoms with E-state index in [2.05, 4.69) is 15.6 Å². The van der Waals surface area contributed by atoms with Gasteiger partial charge in [0.2, 0.25) is 5.91 Å². The number of amides is 2. The third kappa shape index (κ3) is 3.88. The number of rotatable bonds is 5. The van der Waals surface area contributed by atoms with E-state index in [0.29, 0.717) is 11.7 Å². The number of nitrogens with zero attached hydrogens (tertiary/aromatic N) is 1. The van der Waals surface area contributed by atoms with Gasteiger partial charge in [0.1, 0.15) is 0 Å². The maximum Gasteiger partial charge on any atom is 0.293 e. The Morgan fingerprint density at radius 2 is 2.00 bits per heavy atom. The third-order valence-electron chi connectivity index (χ3n) is 3.26. The van der Waals surface area contributed by atoms with E-state index in [1.54, 1.807) is 12.1 Å². The number of hydrogen-bond donors (Lipinski definition) is 2. The lowest BCUT2D eigenvalue weighted by Gasteiger charge is -2.03. The summed E-state index contributed by atoms with van der Waals surface area (Å²) in [6.07, 6.45) is 1.45. The summed E-state index contributed by atoms with van der Waals surface area (Å²) in [4.78, 5) is 27.2.